The first-order valence-corrected chi connectivity index (χ1v) is 9.49. The molecule has 0 radical (unpaired) electrons. The number of rotatable bonds is 3. The van der Waals surface area contributed by atoms with E-state index in [-0.39, 0.29) is 11.5 Å². The van der Waals surface area contributed by atoms with Gasteiger partial charge in [0.15, 0.2) is 0 Å². The maximum Gasteiger partial charge on any atom is 0.227 e. The Kier molecular flexibility index (Phi) is 4.18. The number of aromatic nitrogens is 2. The number of thiophene rings is 1. The molecule has 2 aromatic heterocycles. The number of hydrogen-bond acceptors (Lipinski definition) is 4. The molecule has 2 aliphatic heterocycles. The number of ether oxygens (including phenoxy) is 1. The fraction of sp³-hybridized carbons (Fsp3) is 0.556. The van der Waals surface area contributed by atoms with E-state index in [0.717, 1.165) is 44.5 Å². The summed E-state index contributed by atoms with van der Waals surface area (Å²) < 4.78 is 8.09. The van der Waals surface area contributed by atoms with Crippen LogP contribution in [0.1, 0.15) is 36.3 Å². The van der Waals surface area contributed by atoms with Gasteiger partial charge in [-0.1, -0.05) is 0 Å². The smallest absolute Gasteiger partial charge is 0.227 e. The Labute approximate surface area is 146 Å². The molecular formula is C18H23N3O2S. The first-order chi connectivity index (χ1) is 11.6. The molecule has 1 spiro atoms. The number of amides is 1. The van der Waals surface area contributed by atoms with Crippen LogP contribution in [0.15, 0.2) is 29.2 Å². The topological polar surface area (TPSA) is 47.4 Å². The van der Waals surface area contributed by atoms with Gasteiger partial charge in [-0.3, -0.25) is 9.48 Å². The average molecular weight is 345 g/mol. The van der Waals surface area contributed by atoms with E-state index in [2.05, 4.69) is 16.7 Å². The van der Waals surface area contributed by atoms with Crippen LogP contribution in [0.2, 0.25) is 0 Å². The van der Waals surface area contributed by atoms with Gasteiger partial charge < -0.3 is 9.64 Å². The summed E-state index contributed by atoms with van der Waals surface area (Å²) in [5, 5.41) is 8.36. The zero-order valence-corrected chi connectivity index (χ0v) is 14.8. The molecule has 2 saturated heterocycles. The summed E-state index contributed by atoms with van der Waals surface area (Å²) in [6, 6.07) is 2.03. The van der Waals surface area contributed by atoms with Crippen LogP contribution in [-0.4, -0.2) is 45.9 Å². The van der Waals surface area contributed by atoms with E-state index < -0.39 is 0 Å². The predicted octanol–water partition coefficient (Wildman–Crippen LogP) is 2.59. The summed E-state index contributed by atoms with van der Waals surface area (Å²) in [4.78, 5) is 14.6. The average Bonchev–Trinajstić information content (AvgIpc) is 3.30. The third kappa shape index (κ3) is 3.13. The Morgan fingerprint density at radius 1 is 1.54 bits per heavy atom. The van der Waals surface area contributed by atoms with Gasteiger partial charge in [-0.25, -0.2) is 0 Å². The number of aryl methyl sites for hydroxylation is 1. The summed E-state index contributed by atoms with van der Waals surface area (Å²) in [6.07, 6.45) is 7.58. The largest absolute Gasteiger partial charge is 0.372 e. The van der Waals surface area contributed by atoms with E-state index in [9.17, 15) is 4.79 Å². The molecule has 2 aromatic rings. The van der Waals surface area contributed by atoms with Crippen LogP contribution >= 0.6 is 11.3 Å². The lowest BCUT2D eigenvalue weighted by Gasteiger charge is -2.39. The van der Waals surface area contributed by atoms with Crippen molar-refractivity contribution in [3.05, 3.63) is 40.3 Å². The van der Waals surface area contributed by atoms with E-state index in [1.807, 2.05) is 34.3 Å². The Morgan fingerprint density at radius 3 is 3.21 bits per heavy atom. The third-order valence-electron chi connectivity index (χ3n) is 5.23. The van der Waals surface area contributed by atoms with E-state index in [0.29, 0.717) is 12.3 Å². The molecule has 2 atom stereocenters. The van der Waals surface area contributed by atoms with E-state index in [1.54, 1.807) is 11.3 Å². The fourth-order valence-corrected chi connectivity index (χ4v) is 4.65. The van der Waals surface area contributed by atoms with Crippen molar-refractivity contribution < 1.29 is 9.53 Å². The molecule has 0 aromatic carbocycles. The fourth-order valence-electron chi connectivity index (χ4n) is 3.98. The van der Waals surface area contributed by atoms with Gasteiger partial charge >= 0.3 is 0 Å². The quantitative estimate of drug-likeness (QED) is 0.859. The molecule has 24 heavy (non-hydrogen) atoms. The minimum Gasteiger partial charge on any atom is -0.372 e. The van der Waals surface area contributed by atoms with Gasteiger partial charge in [-0.15, -0.1) is 0 Å². The van der Waals surface area contributed by atoms with Crippen molar-refractivity contribution in [3.63, 3.8) is 0 Å². The van der Waals surface area contributed by atoms with Crippen LogP contribution in [0, 0.1) is 0 Å². The van der Waals surface area contributed by atoms with Gasteiger partial charge in [-0.05, 0) is 47.2 Å². The van der Waals surface area contributed by atoms with Crippen molar-refractivity contribution in [2.24, 2.45) is 7.05 Å². The van der Waals surface area contributed by atoms with Crippen molar-refractivity contribution >= 4 is 17.2 Å². The van der Waals surface area contributed by atoms with Gasteiger partial charge in [0, 0.05) is 32.3 Å². The Morgan fingerprint density at radius 2 is 2.46 bits per heavy atom. The highest BCUT2D eigenvalue weighted by molar-refractivity contribution is 7.07. The highest BCUT2D eigenvalue weighted by Crippen LogP contribution is 2.41. The van der Waals surface area contributed by atoms with Crippen molar-refractivity contribution in [1.29, 1.82) is 0 Å². The molecule has 0 aliphatic carbocycles. The van der Waals surface area contributed by atoms with E-state index in [1.165, 1.54) is 5.56 Å². The van der Waals surface area contributed by atoms with E-state index >= 15 is 0 Å². The monoisotopic (exact) mass is 345 g/mol. The molecule has 0 saturated carbocycles. The van der Waals surface area contributed by atoms with Gasteiger partial charge in [0.05, 0.1) is 24.8 Å². The first kappa shape index (κ1) is 15.8. The van der Waals surface area contributed by atoms with Crippen molar-refractivity contribution in [2.75, 3.05) is 19.7 Å². The van der Waals surface area contributed by atoms with Gasteiger partial charge in [0.1, 0.15) is 0 Å². The normalized spacial score (nSPS) is 27.0. The van der Waals surface area contributed by atoms with Crippen molar-refractivity contribution in [1.82, 2.24) is 14.7 Å². The summed E-state index contributed by atoms with van der Waals surface area (Å²) in [5.74, 6) is 0.617. The molecule has 5 nitrogen and oxygen atoms in total. The number of carbonyl (C=O) groups is 1. The van der Waals surface area contributed by atoms with Crippen LogP contribution < -0.4 is 0 Å². The first-order valence-electron chi connectivity index (χ1n) is 8.55. The Balaban J connectivity index is 1.42. The molecule has 2 aliphatic rings. The van der Waals surface area contributed by atoms with E-state index in [4.69, 9.17) is 4.74 Å². The zero-order valence-electron chi connectivity index (χ0n) is 14.0. The number of nitrogens with zero attached hydrogens (tertiary/aromatic N) is 3. The number of hydrogen-bond donors (Lipinski definition) is 0. The minimum atomic E-state index is -0.164. The number of likely N-dealkylation sites (tertiary alicyclic amines) is 1. The molecular weight excluding hydrogens is 322 g/mol. The number of carbonyl (C=O) groups excluding carboxylic acids is 1. The minimum absolute atomic E-state index is 0.164. The standard InChI is InChI=1S/C18H23N3O2S/c1-20-10-16(9-19-20)15-8-18(23-11-15)4-2-5-21(13-18)17(22)7-14-3-6-24-12-14/h3,6,9-10,12,15H,2,4-5,7-8,11,13H2,1H3/t15-,18+/m1/s1. The highest BCUT2D eigenvalue weighted by atomic mass is 32.1. The molecule has 0 bridgehead atoms. The zero-order chi connectivity index (χ0) is 16.6. The van der Waals surface area contributed by atoms with Crippen molar-refractivity contribution in [2.45, 2.75) is 37.2 Å². The lowest BCUT2D eigenvalue weighted by molar-refractivity contribution is -0.138. The molecule has 6 heteroatoms. The van der Waals surface area contributed by atoms with Crippen LogP contribution in [-0.2, 0) is 23.0 Å². The second-order valence-corrected chi connectivity index (χ2v) is 7.85. The molecule has 128 valence electrons. The maximum atomic E-state index is 12.6. The molecule has 4 rings (SSSR count). The third-order valence-corrected chi connectivity index (χ3v) is 5.97. The molecule has 1 amide bonds. The molecule has 0 N–H and O–H groups in total. The Hall–Kier alpha value is -1.66. The van der Waals surface area contributed by atoms with Gasteiger partial charge in [0.2, 0.25) is 5.91 Å². The number of piperidine rings is 1. The molecule has 0 unspecified atom stereocenters. The highest BCUT2D eigenvalue weighted by Gasteiger charge is 2.45. The summed E-state index contributed by atoms with van der Waals surface area (Å²) in [5.41, 5.74) is 2.20. The van der Waals surface area contributed by atoms with Crippen LogP contribution in [0.3, 0.4) is 0 Å². The summed E-state index contributed by atoms with van der Waals surface area (Å²) in [7, 11) is 1.94. The van der Waals surface area contributed by atoms with Crippen molar-refractivity contribution in [3.8, 4) is 0 Å². The van der Waals surface area contributed by atoms with Crippen LogP contribution in [0.5, 0.6) is 0 Å². The summed E-state index contributed by atoms with van der Waals surface area (Å²) >= 11 is 1.64. The SMILES string of the molecule is Cn1cc([C@H]2CO[C@@]3(CCCN(C(=O)Cc4ccsc4)C3)C2)cn1. The van der Waals surface area contributed by atoms with Crippen LogP contribution in [0.4, 0.5) is 0 Å². The summed E-state index contributed by atoms with van der Waals surface area (Å²) in [6.45, 7) is 2.32. The second kappa shape index (κ2) is 6.33. The maximum absolute atomic E-state index is 12.6. The lowest BCUT2D eigenvalue weighted by Crippen LogP contribution is -2.50. The van der Waals surface area contributed by atoms with Crippen LogP contribution in [0.25, 0.3) is 0 Å². The Bertz CT molecular complexity index is 712. The lowest BCUT2D eigenvalue weighted by atomic mass is 9.85. The molecule has 2 fully saturated rings. The second-order valence-electron chi connectivity index (χ2n) is 7.07. The molecule has 4 heterocycles. The van der Waals surface area contributed by atoms with Gasteiger partial charge in [0.25, 0.3) is 0 Å². The predicted molar refractivity (Wildman–Crippen MR) is 93.1 cm³/mol. The van der Waals surface area contributed by atoms with Gasteiger partial charge in [-0.2, -0.15) is 16.4 Å².